The second kappa shape index (κ2) is 8.26. The third-order valence-corrected chi connectivity index (χ3v) is 6.14. The number of benzene rings is 2. The summed E-state index contributed by atoms with van der Waals surface area (Å²) in [4.78, 5) is 4.48. The standard InChI is InChI=1S/C23H27F3N2/c24-23(25,26)12-15-27-13-4-5-14-28-16-21(22(28)17-27)20-10-8-19(9-11-20)18-6-2-1-3-7-18/h1-3,6-11,21-22H,4-5,12-17H2/t21-,22-/m1/s1. The smallest absolute Gasteiger partial charge is 0.301 e. The van der Waals surface area contributed by atoms with Gasteiger partial charge in [0.05, 0.1) is 6.42 Å². The zero-order valence-electron chi connectivity index (χ0n) is 16.0. The van der Waals surface area contributed by atoms with Crippen molar-refractivity contribution in [3.05, 3.63) is 60.2 Å². The molecule has 2 saturated heterocycles. The van der Waals surface area contributed by atoms with Crippen molar-refractivity contribution in [1.29, 1.82) is 0 Å². The van der Waals surface area contributed by atoms with Crippen LogP contribution in [0, 0.1) is 0 Å². The molecule has 28 heavy (non-hydrogen) atoms. The summed E-state index contributed by atoms with van der Waals surface area (Å²) in [7, 11) is 0. The van der Waals surface area contributed by atoms with Gasteiger partial charge in [0, 0.05) is 31.6 Å². The molecule has 2 aromatic rings. The largest absolute Gasteiger partial charge is 0.390 e. The van der Waals surface area contributed by atoms with E-state index >= 15 is 0 Å². The first-order valence-electron chi connectivity index (χ1n) is 10.2. The minimum absolute atomic E-state index is 0.119. The first-order chi connectivity index (χ1) is 13.5. The van der Waals surface area contributed by atoms with Gasteiger partial charge < -0.3 is 4.90 Å². The maximum atomic E-state index is 12.7. The van der Waals surface area contributed by atoms with E-state index in [9.17, 15) is 13.2 Å². The predicted octanol–water partition coefficient (Wildman–Crippen LogP) is 5.17. The van der Waals surface area contributed by atoms with Gasteiger partial charge in [0.25, 0.3) is 0 Å². The van der Waals surface area contributed by atoms with E-state index in [-0.39, 0.29) is 6.54 Å². The number of nitrogens with zero attached hydrogens (tertiary/aromatic N) is 2. The third kappa shape index (κ3) is 4.58. The lowest BCUT2D eigenvalue weighted by atomic mass is 9.81. The van der Waals surface area contributed by atoms with Crippen LogP contribution in [0.2, 0.25) is 0 Å². The molecule has 2 aliphatic rings. The molecule has 0 amide bonds. The molecule has 2 aliphatic heterocycles. The van der Waals surface area contributed by atoms with Crippen molar-refractivity contribution in [2.75, 3.05) is 32.7 Å². The van der Waals surface area contributed by atoms with Crippen LogP contribution in [-0.4, -0.2) is 54.7 Å². The molecule has 0 unspecified atom stereocenters. The van der Waals surface area contributed by atoms with Gasteiger partial charge in [-0.3, -0.25) is 4.90 Å². The van der Waals surface area contributed by atoms with Crippen molar-refractivity contribution in [2.45, 2.75) is 37.4 Å². The summed E-state index contributed by atoms with van der Waals surface area (Å²) in [6, 6.07) is 19.4. The van der Waals surface area contributed by atoms with E-state index in [1.165, 1.54) is 16.7 Å². The summed E-state index contributed by atoms with van der Waals surface area (Å²) in [5, 5.41) is 0. The molecule has 4 rings (SSSR count). The summed E-state index contributed by atoms with van der Waals surface area (Å²) in [5.41, 5.74) is 3.70. The van der Waals surface area contributed by atoms with Crippen LogP contribution in [0.5, 0.6) is 0 Å². The quantitative estimate of drug-likeness (QED) is 0.713. The molecule has 5 heteroatoms. The lowest BCUT2D eigenvalue weighted by Gasteiger charge is -2.51. The van der Waals surface area contributed by atoms with Crippen LogP contribution >= 0.6 is 0 Å². The normalized spacial score (nSPS) is 24.1. The second-order valence-electron chi connectivity index (χ2n) is 8.03. The molecular weight excluding hydrogens is 361 g/mol. The third-order valence-electron chi connectivity index (χ3n) is 6.14. The minimum atomic E-state index is -4.08. The maximum absolute atomic E-state index is 12.7. The van der Waals surface area contributed by atoms with Crippen LogP contribution in [-0.2, 0) is 0 Å². The van der Waals surface area contributed by atoms with Gasteiger partial charge in [0.1, 0.15) is 0 Å². The predicted molar refractivity (Wildman–Crippen MR) is 106 cm³/mol. The highest BCUT2D eigenvalue weighted by Crippen LogP contribution is 2.37. The molecule has 150 valence electrons. The van der Waals surface area contributed by atoms with E-state index in [1.807, 2.05) is 23.1 Å². The van der Waals surface area contributed by atoms with E-state index in [4.69, 9.17) is 0 Å². The molecule has 0 N–H and O–H groups in total. The van der Waals surface area contributed by atoms with E-state index < -0.39 is 12.6 Å². The Kier molecular flexibility index (Phi) is 5.74. The Labute approximate surface area is 165 Å². The summed E-state index contributed by atoms with van der Waals surface area (Å²) in [6.45, 7) is 3.72. The van der Waals surface area contributed by atoms with E-state index in [2.05, 4.69) is 41.3 Å². The second-order valence-corrected chi connectivity index (χ2v) is 8.03. The first-order valence-corrected chi connectivity index (χ1v) is 10.2. The number of fused-ring (bicyclic) bond motifs is 1. The average Bonchev–Trinajstić information content (AvgIpc) is 2.67. The molecule has 0 saturated carbocycles. The van der Waals surface area contributed by atoms with Gasteiger partial charge in [-0.05, 0) is 42.6 Å². The molecule has 2 atom stereocenters. The van der Waals surface area contributed by atoms with E-state index in [0.29, 0.717) is 12.0 Å². The lowest BCUT2D eigenvalue weighted by Crippen LogP contribution is -2.60. The molecule has 2 fully saturated rings. The fraction of sp³-hybridized carbons (Fsp3) is 0.478. The van der Waals surface area contributed by atoms with Gasteiger partial charge in [-0.1, -0.05) is 54.6 Å². The molecule has 2 heterocycles. The molecule has 0 aromatic heterocycles. The van der Waals surface area contributed by atoms with Gasteiger partial charge in [-0.15, -0.1) is 0 Å². The Morgan fingerprint density at radius 2 is 1.50 bits per heavy atom. The lowest BCUT2D eigenvalue weighted by molar-refractivity contribution is -0.139. The Morgan fingerprint density at radius 1 is 0.821 bits per heavy atom. The number of halogens is 3. The highest BCUT2D eigenvalue weighted by Gasteiger charge is 2.41. The summed E-state index contributed by atoms with van der Waals surface area (Å²) < 4.78 is 38.0. The van der Waals surface area contributed by atoms with Crippen LogP contribution < -0.4 is 0 Å². The molecule has 0 aliphatic carbocycles. The molecule has 0 radical (unpaired) electrons. The Hall–Kier alpha value is -1.85. The van der Waals surface area contributed by atoms with E-state index in [0.717, 1.165) is 39.0 Å². The van der Waals surface area contributed by atoms with Crippen molar-refractivity contribution >= 4 is 0 Å². The average molecular weight is 388 g/mol. The van der Waals surface area contributed by atoms with Crippen molar-refractivity contribution in [3.8, 4) is 11.1 Å². The van der Waals surface area contributed by atoms with Crippen molar-refractivity contribution in [1.82, 2.24) is 9.80 Å². The molecule has 2 aromatic carbocycles. The highest BCUT2D eigenvalue weighted by atomic mass is 19.4. The fourth-order valence-corrected chi connectivity index (χ4v) is 4.50. The first kappa shape index (κ1) is 19.5. The summed E-state index contributed by atoms with van der Waals surface area (Å²) in [6.07, 6.45) is -2.74. The van der Waals surface area contributed by atoms with Crippen LogP contribution in [0.15, 0.2) is 54.6 Å². The maximum Gasteiger partial charge on any atom is 0.390 e. The van der Waals surface area contributed by atoms with Gasteiger partial charge in [0.15, 0.2) is 0 Å². The number of hydrogen-bond donors (Lipinski definition) is 0. The van der Waals surface area contributed by atoms with Crippen molar-refractivity contribution in [2.24, 2.45) is 0 Å². The minimum Gasteiger partial charge on any atom is -0.301 e. The van der Waals surface area contributed by atoms with Crippen molar-refractivity contribution < 1.29 is 13.2 Å². The SMILES string of the molecule is FC(F)(F)CCN1CCCCN2C[C@H](c3ccc(-c4ccccc4)cc3)[C@H]2C1. The molecule has 0 bridgehead atoms. The number of rotatable bonds is 4. The van der Waals surface area contributed by atoms with Crippen molar-refractivity contribution in [3.63, 3.8) is 0 Å². The van der Waals surface area contributed by atoms with Crippen LogP contribution in [0.4, 0.5) is 13.2 Å². The van der Waals surface area contributed by atoms with Crippen LogP contribution in [0.3, 0.4) is 0 Å². The van der Waals surface area contributed by atoms with Crippen LogP contribution in [0.1, 0.15) is 30.7 Å². The Morgan fingerprint density at radius 3 is 2.21 bits per heavy atom. The topological polar surface area (TPSA) is 6.48 Å². The van der Waals surface area contributed by atoms with Gasteiger partial charge in [0.2, 0.25) is 0 Å². The summed E-state index contributed by atoms with van der Waals surface area (Å²) in [5.74, 6) is 0.413. The van der Waals surface area contributed by atoms with Gasteiger partial charge >= 0.3 is 6.18 Å². The number of hydrogen-bond acceptors (Lipinski definition) is 2. The zero-order valence-corrected chi connectivity index (χ0v) is 16.0. The zero-order chi connectivity index (χ0) is 19.6. The molecular formula is C23H27F3N2. The highest BCUT2D eigenvalue weighted by molar-refractivity contribution is 5.63. The van der Waals surface area contributed by atoms with Gasteiger partial charge in [-0.25, -0.2) is 0 Å². The molecule has 2 nitrogen and oxygen atoms in total. The molecule has 0 spiro atoms. The number of alkyl halides is 3. The monoisotopic (exact) mass is 388 g/mol. The van der Waals surface area contributed by atoms with Crippen LogP contribution in [0.25, 0.3) is 11.1 Å². The summed E-state index contributed by atoms with van der Waals surface area (Å²) >= 11 is 0. The van der Waals surface area contributed by atoms with E-state index in [1.54, 1.807) is 0 Å². The Balaban J connectivity index is 1.44. The fourth-order valence-electron chi connectivity index (χ4n) is 4.50. The van der Waals surface area contributed by atoms with Gasteiger partial charge in [-0.2, -0.15) is 13.2 Å². The Bertz CT molecular complexity index is 758.